The highest BCUT2D eigenvalue weighted by molar-refractivity contribution is 5.14. The minimum Gasteiger partial charge on any atom is -0.0683 e. The van der Waals surface area contributed by atoms with E-state index in [0.717, 1.165) is 0 Å². The fourth-order valence-electron chi connectivity index (χ4n) is 1.03. The molecule has 0 aliphatic heterocycles. The van der Waals surface area contributed by atoms with Crippen LogP contribution >= 0.6 is 0 Å². The smallest absolute Gasteiger partial charge is 0.0279 e. The molecule has 0 amide bonds. The highest BCUT2D eigenvalue weighted by Gasteiger charge is 1.87. The van der Waals surface area contributed by atoms with Gasteiger partial charge in [-0.3, -0.25) is 0 Å². The van der Waals surface area contributed by atoms with Crippen LogP contribution in [0.15, 0.2) is 30.3 Å². The summed E-state index contributed by atoms with van der Waals surface area (Å²) >= 11 is 0. The van der Waals surface area contributed by atoms with Gasteiger partial charge >= 0.3 is 0 Å². The van der Waals surface area contributed by atoms with Gasteiger partial charge in [-0.25, -0.2) is 0 Å². The molecule has 1 aromatic carbocycles. The molecule has 0 fully saturated rings. The average Bonchev–Trinajstić information content (AvgIpc) is 2.33. The van der Waals surface area contributed by atoms with Gasteiger partial charge in [0.05, 0.1) is 0 Å². The van der Waals surface area contributed by atoms with Crippen molar-refractivity contribution < 1.29 is 0 Å². The van der Waals surface area contributed by atoms with Crippen LogP contribution in [0.5, 0.6) is 0 Å². The van der Waals surface area contributed by atoms with Crippen molar-refractivity contribution >= 4 is 0 Å². The second-order valence-corrected chi connectivity index (χ2v) is 2.59. The van der Waals surface area contributed by atoms with Gasteiger partial charge in [0.25, 0.3) is 0 Å². The summed E-state index contributed by atoms with van der Waals surface area (Å²) in [5.74, 6) is 0. The second-order valence-electron chi connectivity index (χ2n) is 2.59. The molecule has 0 saturated carbocycles. The Morgan fingerprint density at radius 3 is 1.79 bits per heavy atom. The fourth-order valence-corrected chi connectivity index (χ4v) is 1.03. The van der Waals surface area contributed by atoms with Crippen LogP contribution in [0.1, 0.15) is 53.0 Å². The molecule has 0 aliphatic rings. The number of hydrogen-bond donors (Lipinski definition) is 0. The predicted molar refractivity (Wildman–Crippen MR) is 67.8 cm³/mol. The van der Waals surface area contributed by atoms with Crippen molar-refractivity contribution in [1.82, 2.24) is 0 Å². The third-order valence-corrected chi connectivity index (χ3v) is 1.66. The molecular formula is C14H26. The summed E-state index contributed by atoms with van der Waals surface area (Å²) in [6, 6.07) is 10.6. The molecule has 0 saturated heterocycles. The summed E-state index contributed by atoms with van der Waals surface area (Å²) in [4.78, 5) is 0. The maximum atomic E-state index is 2.23. The first kappa shape index (κ1) is 15.7. The van der Waals surface area contributed by atoms with Crippen LogP contribution in [0.3, 0.4) is 0 Å². The van der Waals surface area contributed by atoms with Crippen molar-refractivity contribution in [3.8, 4) is 0 Å². The summed E-state index contributed by atoms with van der Waals surface area (Å²) in [5.41, 5.74) is 1.46. The topological polar surface area (TPSA) is 0 Å². The van der Waals surface area contributed by atoms with E-state index in [1.165, 1.54) is 24.8 Å². The van der Waals surface area contributed by atoms with Gasteiger partial charge in [-0.2, -0.15) is 0 Å². The Bertz CT molecular complexity index is 165. The lowest BCUT2D eigenvalue weighted by atomic mass is 10.1. The quantitative estimate of drug-likeness (QED) is 0.629. The SMILES string of the molecule is CC.CC.CCCCc1ccccc1. The van der Waals surface area contributed by atoms with E-state index in [0.29, 0.717) is 0 Å². The van der Waals surface area contributed by atoms with Gasteiger partial charge in [-0.05, 0) is 18.4 Å². The molecule has 0 unspecified atom stereocenters. The van der Waals surface area contributed by atoms with Crippen molar-refractivity contribution in [2.24, 2.45) is 0 Å². The van der Waals surface area contributed by atoms with E-state index < -0.39 is 0 Å². The van der Waals surface area contributed by atoms with Crippen LogP contribution in [0, 0.1) is 0 Å². The molecule has 0 heteroatoms. The molecule has 0 bridgehead atoms. The largest absolute Gasteiger partial charge is 0.0683 e. The Labute approximate surface area is 90.4 Å². The van der Waals surface area contributed by atoms with E-state index >= 15 is 0 Å². The van der Waals surface area contributed by atoms with Gasteiger partial charge in [-0.1, -0.05) is 71.4 Å². The van der Waals surface area contributed by atoms with Gasteiger partial charge in [0.1, 0.15) is 0 Å². The molecule has 0 spiro atoms. The van der Waals surface area contributed by atoms with Crippen molar-refractivity contribution in [1.29, 1.82) is 0 Å². The Morgan fingerprint density at radius 2 is 1.36 bits per heavy atom. The molecule has 14 heavy (non-hydrogen) atoms. The molecule has 0 heterocycles. The molecule has 0 N–H and O–H groups in total. The Hall–Kier alpha value is -0.780. The average molecular weight is 194 g/mol. The lowest BCUT2D eigenvalue weighted by molar-refractivity contribution is 0.795. The summed E-state index contributed by atoms with van der Waals surface area (Å²) in [7, 11) is 0. The van der Waals surface area contributed by atoms with E-state index in [-0.39, 0.29) is 0 Å². The number of unbranched alkanes of at least 4 members (excludes halogenated alkanes) is 1. The Balaban J connectivity index is 0. The summed E-state index contributed by atoms with van der Waals surface area (Å²) < 4.78 is 0. The zero-order chi connectivity index (χ0) is 11.2. The third-order valence-electron chi connectivity index (χ3n) is 1.66. The van der Waals surface area contributed by atoms with Crippen LogP contribution in [-0.2, 0) is 6.42 Å². The predicted octanol–water partition coefficient (Wildman–Crippen LogP) is 5.08. The molecule has 0 radical (unpaired) electrons. The first-order valence-electron chi connectivity index (χ1n) is 5.97. The minimum atomic E-state index is 1.23. The van der Waals surface area contributed by atoms with Crippen LogP contribution < -0.4 is 0 Å². The summed E-state index contributed by atoms with van der Waals surface area (Å²) in [5, 5.41) is 0. The Morgan fingerprint density at radius 1 is 0.857 bits per heavy atom. The summed E-state index contributed by atoms with van der Waals surface area (Å²) in [6.07, 6.45) is 3.83. The standard InChI is InChI=1S/C10H14.2C2H6/c1-2-3-7-10-8-5-4-6-9-10;2*1-2/h4-6,8-9H,2-3,7H2,1H3;2*1-2H3. The molecule has 1 rings (SSSR count). The van der Waals surface area contributed by atoms with Crippen molar-refractivity contribution in [2.75, 3.05) is 0 Å². The van der Waals surface area contributed by atoms with Crippen molar-refractivity contribution in [2.45, 2.75) is 53.9 Å². The molecular weight excluding hydrogens is 168 g/mol. The first-order valence-corrected chi connectivity index (χ1v) is 5.97. The number of benzene rings is 1. The van der Waals surface area contributed by atoms with Crippen molar-refractivity contribution in [3.63, 3.8) is 0 Å². The fraction of sp³-hybridized carbons (Fsp3) is 0.571. The van der Waals surface area contributed by atoms with E-state index in [1.807, 2.05) is 27.7 Å². The van der Waals surface area contributed by atoms with E-state index in [9.17, 15) is 0 Å². The van der Waals surface area contributed by atoms with Crippen LogP contribution in [0.2, 0.25) is 0 Å². The summed E-state index contributed by atoms with van der Waals surface area (Å²) in [6.45, 7) is 10.2. The van der Waals surface area contributed by atoms with Crippen LogP contribution in [-0.4, -0.2) is 0 Å². The van der Waals surface area contributed by atoms with Gasteiger partial charge in [0.2, 0.25) is 0 Å². The van der Waals surface area contributed by atoms with Crippen molar-refractivity contribution in [3.05, 3.63) is 35.9 Å². The van der Waals surface area contributed by atoms with Crippen LogP contribution in [0.4, 0.5) is 0 Å². The third kappa shape index (κ3) is 9.31. The monoisotopic (exact) mass is 194 g/mol. The van der Waals surface area contributed by atoms with E-state index in [4.69, 9.17) is 0 Å². The molecule has 1 aromatic rings. The molecule has 0 nitrogen and oxygen atoms in total. The zero-order valence-electron chi connectivity index (χ0n) is 10.5. The first-order chi connectivity index (χ1) is 6.93. The van der Waals surface area contributed by atoms with Gasteiger partial charge < -0.3 is 0 Å². The van der Waals surface area contributed by atoms with E-state index in [1.54, 1.807) is 0 Å². The maximum Gasteiger partial charge on any atom is -0.0279 e. The molecule has 82 valence electrons. The maximum absolute atomic E-state index is 2.23. The number of aryl methyl sites for hydroxylation is 1. The van der Waals surface area contributed by atoms with Gasteiger partial charge in [0.15, 0.2) is 0 Å². The van der Waals surface area contributed by atoms with Crippen LogP contribution in [0.25, 0.3) is 0 Å². The number of hydrogen-bond acceptors (Lipinski definition) is 0. The van der Waals surface area contributed by atoms with Gasteiger partial charge in [-0.15, -0.1) is 0 Å². The lowest BCUT2D eigenvalue weighted by Gasteiger charge is -1.96. The highest BCUT2D eigenvalue weighted by Crippen LogP contribution is 2.03. The second kappa shape index (κ2) is 14.7. The van der Waals surface area contributed by atoms with Gasteiger partial charge in [0, 0.05) is 0 Å². The van der Waals surface area contributed by atoms with E-state index in [2.05, 4.69) is 37.3 Å². The highest BCUT2D eigenvalue weighted by atomic mass is 13.9. The lowest BCUT2D eigenvalue weighted by Crippen LogP contribution is -1.81. The molecule has 0 atom stereocenters. The zero-order valence-corrected chi connectivity index (χ0v) is 10.5. The Kier molecular flexibility index (Phi) is 16.5. The molecule has 0 aromatic heterocycles. The number of rotatable bonds is 3. The normalized spacial score (nSPS) is 7.79. The molecule has 0 aliphatic carbocycles. The minimum absolute atomic E-state index is 1.23.